The molecule has 0 aromatic carbocycles. The van der Waals surface area contributed by atoms with Crippen molar-refractivity contribution < 1.29 is 4.79 Å². The molecule has 3 N–H and O–H groups in total. The van der Waals surface area contributed by atoms with Crippen molar-refractivity contribution in [1.29, 1.82) is 5.41 Å². The molecule has 7 nitrogen and oxygen atoms in total. The van der Waals surface area contributed by atoms with Gasteiger partial charge in [0.1, 0.15) is 11.7 Å². The summed E-state index contributed by atoms with van der Waals surface area (Å²) in [7, 11) is 3.43. The van der Waals surface area contributed by atoms with Crippen molar-refractivity contribution >= 4 is 17.4 Å². The van der Waals surface area contributed by atoms with Crippen LogP contribution < -0.4 is 10.6 Å². The lowest BCUT2D eigenvalue weighted by Crippen LogP contribution is -2.57. The van der Waals surface area contributed by atoms with E-state index in [4.69, 9.17) is 11.1 Å². The van der Waals surface area contributed by atoms with E-state index in [9.17, 15) is 4.79 Å². The standard InChI is InChI=1S/C12H18N6O/c1-4-9-12(19)17(3)10(5-13)11(14)18(9)8-6-15-16(2)7-8/h5-7,9,14H,4,13H2,1-3H3/b10-5+,14-11?/t9-/m0/s1. The molecule has 0 saturated carbocycles. The molecule has 0 radical (unpaired) electrons. The lowest BCUT2D eigenvalue weighted by molar-refractivity contribution is -0.129. The third-order valence-corrected chi connectivity index (χ3v) is 3.29. The quantitative estimate of drug-likeness (QED) is 0.799. The Morgan fingerprint density at radius 2 is 2.21 bits per heavy atom. The second-order valence-corrected chi connectivity index (χ2v) is 4.46. The van der Waals surface area contributed by atoms with Crippen LogP contribution in [0.1, 0.15) is 13.3 Å². The number of nitrogens with two attached hydrogens (primary N) is 1. The van der Waals surface area contributed by atoms with Crippen LogP contribution in [-0.4, -0.2) is 39.5 Å². The number of amides is 1. The number of aryl methyl sites for hydroxylation is 1. The van der Waals surface area contributed by atoms with Crippen LogP contribution in [0.4, 0.5) is 5.69 Å². The maximum atomic E-state index is 12.3. The summed E-state index contributed by atoms with van der Waals surface area (Å²) < 4.78 is 1.64. The minimum Gasteiger partial charge on any atom is -0.403 e. The maximum absolute atomic E-state index is 12.3. The van der Waals surface area contributed by atoms with Crippen LogP contribution in [0.15, 0.2) is 24.3 Å². The van der Waals surface area contributed by atoms with E-state index < -0.39 is 6.04 Å². The summed E-state index contributed by atoms with van der Waals surface area (Å²) in [5.41, 5.74) is 6.66. The Kier molecular flexibility index (Phi) is 3.28. The highest BCUT2D eigenvalue weighted by Crippen LogP contribution is 2.27. The first-order chi connectivity index (χ1) is 9.01. The molecule has 1 aromatic heterocycles. The van der Waals surface area contributed by atoms with Gasteiger partial charge < -0.3 is 15.5 Å². The van der Waals surface area contributed by atoms with Gasteiger partial charge >= 0.3 is 0 Å². The SMILES string of the molecule is CC[C@H]1C(=O)N(C)/C(=C/N)C(=N)N1c1cnn(C)c1. The minimum absolute atomic E-state index is 0.0703. The Balaban J connectivity index is 2.49. The number of likely N-dealkylation sites (N-methyl/N-ethyl adjacent to an activating group) is 1. The van der Waals surface area contributed by atoms with Crippen molar-refractivity contribution in [3.05, 3.63) is 24.3 Å². The van der Waals surface area contributed by atoms with E-state index >= 15 is 0 Å². The molecular formula is C12H18N6O. The molecule has 7 heteroatoms. The Morgan fingerprint density at radius 1 is 1.53 bits per heavy atom. The van der Waals surface area contributed by atoms with Crippen molar-refractivity contribution in [2.24, 2.45) is 12.8 Å². The van der Waals surface area contributed by atoms with Gasteiger partial charge in [0.25, 0.3) is 0 Å². The maximum Gasteiger partial charge on any atom is 0.250 e. The van der Waals surface area contributed by atoms with Gasteiger partial charge in [0.15, 0.2) is 5.84 Å². The highest BCUT2D eigenvalue weighted by molar-refractivity contribution is 6.16. The van der Waals surface area contributed by atoms with Gasteiger partial charge in [0.05, 0.1) is 11.9 Å². The number of nitrogens with one attached hydrogen (secondary N) is 1. The van der Waals surface area contributed by atoms with Gasteiger partial charge in [-0.05, 0) is 6.42 Å². The molecule has 1 aliphatic heterocycles. The lowest BCUT2D eigenvalue weighted by Gasteiger charge is -2.40. The van der Waals surface area contributed by atoms with Crippen molar-refractivity contribution in [3.8, 4) is 0 Å². The van der Waals surface area contributed by atoms with E-state index in [0.29, 0.717) is 12.1 Å². The van der Waals surface area contributed by atoms with Crippen molar-refractivity contribution in [2.75, 3.05) is 11.9 Å². The lowest BCUT2D eigenvalue weighted by atomic mass is 10.1. The molecule has 1 atom stereocenters. The number of piperazine rings is 1. The zero-order valence-electron chi connectivity index (χ0n) is 11.3. The molecule has 2 rings (SSSR count). The Morgan fingerprint density at radius 3 is 2.68 bits per heavy atom. The molecule has 1 aromatic rings. The molecule has 2 heterocycles. The van der Waals surface area contributed by atoms with Crippen LogP contribution in [0, 0.1) is 5.41 Å². The van der Waals surface area contributed by atoms with E-state index in [0.717, 1.165) is 5.69 Å². The first-order valence-electron chi connectivity index (χ1n) is 6.07. The molecule has 1 amide bonds. The average molecular weight is 262 g/mol. The van der Waals surface area contributed by atoms with Crippen molar-refractivity contribution in [3.63, 3.8) is 0 Å². The fraction of sp³-hybridized carbons (Fsp3) is 0.417. The molecule has 0 aliphatic carbocycles. The number of rotatable bonds is 2. The summed E-state index contributed by atoms with van der Waals surface area (Å²) in [6.45, 7) is 1.92. The first-order valence-corrected chi connectivity index (χ1v) is 6.07. The highest BCUT2D eigenvalue weighted by atomic mass is 16.2. The molecule has 0 spiro atoms. The van der Waals surface area contributed by atoms with Crippen LogP contribution >= 0.6 is 0 Å². The molecule has 1 fully saturated rings. The van der Waals surface area contributed by atoms with E-state index in [-0.39, 0.29) is 11.7 Å². The summed E-state index contributed by atoms with van der Waals surface area (Å²) in [5.74, 6) is 0.142. The minimum atomic E-state index is -0.398. The van der Waals surface area contributed by atoms with E-state index in [1.165, 1.54) is 11.1 Å². The molecule has 102 valence electrons. The van der Waals surface area contributed by atoms with Gasteiger partial charge in [-0.15, -0.1) is 0 Å². The Labute approximate surface area is 111 Å². The molecule has 0 unspecified atom stereocenters. The number of nitrogens with zero attached hydrogens (tertiary/aromatic N) is 4. The molecule has 0 bridgehead atoms. The van der Waals surface area contributed by atoms with Crippen LogP contribution in [0.5, 0.6) is 0 Å². The molecule has 1 saturated heterocycles. The van der Waals surface area contributed by atoms with E-state index in [1.807, 2.05) is 6.92 Å². The number of hydrogen-bond donors (Lipinski definition) is 2. The first kappa shape index (κ1) is 13.1. The summed E-state index contributed by atoms with van der Waals surface area (Å²) >= 11 is 0. The van der Waals surface area contributed by atoms with Gasteiger partial charge in [-0.1, -0.05) is 6.92 Å². The number of anilines is 1. The zero-order valence-corrected chi connectivity index (χ0v) is 11.3. The van der Waals surface area contributed by atoms with Gasteiger partial charge in [-0.3, -0.25) is 14.9 Å². The third-order valence-electron chi connectivity index (χ3n) is 3.29. The van der Waals surface area contributed by atoms with E-state index in [2.05, 4.69) is 5.10 Å². The molecular weight excluding hydrogens is 244 g/mol. The second-order valence-electron chi connectivity index (χ2n) is 4.46. The highest BCUT2D eigenvalue weighted by Gasteiger charge is 2.39. The van der Waals surface area contributed by atoms with Crippen LogP contribution in [0.25, 0.3) is 0 Å². The third kappa shape index (κ3) is 1.96. The normalized spacial score (nSPS) is 22.5. The second kappa shape index (κ2) is 4.75. The smallest absolute Gasteiger partial charge is 0.250 e. The van der Waals surface area contributed by atoms with Gasteiger partial charge in [-0.25, -0.2) is 0 Å². The predicted molar refractivity (Wildman–Crippen MR) is 72.5 cm³/mol. The van der Waals surface area contributed by atoms with E-state index in [1.54, 1.807) is 36.1 Å². The largest absolute Gasteiger partial charge is 0.403 e. The number of aromatic nitrogens is 2. The van der Waals surface area contributed by atoms with Crippen LogP contribution in [-0.2, 0) is 11.8 Å². The van der Waals surface area contributed by atoms with Crippen molar-refractivity contribution in [1.82, 2.24) is 14.7 Å². The summed E-state index contributed by atoms with van der Waals surface area (Å²) in [5, 5.41) is 12.3. The Bertz CT molecular complexity index is 546. The molecule has 19 heavy (non-hydrogen) atoms. The topological polar surface area (TPSA) is 91.2 Å². The van der Waals surface area contributed by atoms with Gasteiger partial charge in [-0.2, -0.15) is 5.10 Å². The average Bonchev–Trinajstić information content (AvgIpc) is 2.80. The summed E-state index contributed by atoms with van der Waals surface area (Å²) in [6.07, 6.45) is 5.32. The predicted octanol–water partition coefficient (Wildman–Crippen LogP) is 0.254. The van der Waals surface area contributed by atoms with Crippen LogP contribution in [0.2, 0.25) is 0 Å². The Hall–Kier alpha value is -2.31. The number of amidine groups is 1. The zero-order chi connectivity index (χ0) is 14.2. The van der Waals surface area contributed by atoms with Gasteiger partial charge in [0.2, 0.25) is 5.91 Å². The van der Waals surface area contributed by atoms with Gasteiger partial charge in [0, 0.05) is 26.5 Å². The number of carbonyl (C=O) groups is 1. The van der Waals surface area contributed by atoms with Crippen LogP contribution in [0.3, 0.4) is 0 Å². The summed E-state index contributed by atoms with van der Waals surface area (Å²) in [4.78, 5) is 15.4. The fourth-order valence-electron chi connectivity index (χ4n) is 2.28. The molecule has 1 aliphatic rings. The number of carbonyl (C=O) groups excluding carboxylic acids is 1. The number of hydrogen-bond acceptors (Lipinski definition) is 4. The van der Waals surface area contributed by atoms with Crippen molar-refractivity contribution in [2.45, 2.75) is 19.4 Å². The monoisotopic (exact) mass is 262 g/mol. The summed E-state index contributed by atoms with van der Waals surface area (Å²) in [6, 6.07) is -0.398. The fourth-order valence-corrected chi connectivity index (χ4v) is 2.28.